The Hall–Kier alpha value is -2.46. The van der Waals surface area contributed by atoms with E-state index in [1.54, 1.807) is 0 Å². The van der Waals surface area contributed by atoms with Gasteiger partial charge in [-0.3, -0.25) is 5.43 Å². The zero-order valence-corrected chi connectivity index (χ0v) is 11.2. The first-order valence-electron chi connectivity index (χ1n) is 5.22. The van der Waals surface area contributed by atoms with Gasteiger partial charge in [-0.25, -0.2) is 9.18 Å². The number of methoxy groups -OCH3 is 1. The van der Waals surface area contributed by atoms with Gasteiger partial charge >= 0.3 is 5.97 Å². The highest BCUT2D eigenvalue weighted by atomic mass is 35.5. The van der Waals surface area contributed by atoms with Crippen LogP contribution < -0.4 is 15.9 Å². The van der Waals surface area contributed by atoms with Gasteiger partial charge in [-0.1, -0.05) is 17.5 Å². The van der Waals surface area contributed by atoms with E-state index in [4.69, 9.17) is 28.5 Å². The Bertz CT molecular complexity index is 584. The third-order valence-corrected chi connectivity index (χ3v) is 2.32. The minimum atomic E-state index is -0.851. The van der Waals surface area contributed by atoms with E-state index >= 15 is 0 Å². The topological polar surface area (TPSA) is 85.9 Å². The molecule has 1 rings (SSSR count). The summed E-state index contributed by atoms with van der Waals surface area (Å²) in [4.78, 5) is 11.0. The standard InChI is InChI=1S/C12H11ClFN3O3/c1-3-4-20-10-6-9(8(14)5-7(10)13)16-17-11(15)12(18)19-2/h1,5-6,16H,4H2,2H3,(H2,15,17). The van der Waals surface area contributed by atoms with Crippen LogP contribution in [0.1, 0.15) is 0 Å². The van der Waals surface area contributed by atoms with Crippen molar-refractivity contribution in [2.45, 2.75) is 0 Å². The van der Waals surface area contributed by atoms with E-state index in [9.17, 15) is 9.18 Å². The smallest absolute Gasteiger partial charge is 0.375 e. The largest absolute Gasteiger partial charge is 0.479 e. The third kappa shape index (κ3) is 4.03. The number of amidine groups is 1. The number of hydrogen-bond donors (Lipinski definition) is 2. The number of carbonyl (C=O) groups excluding carboxylic acids is 1. The molecule has 0 saturated carbocycles. The minimum absolute atomic E-state index is 0.0294. The highest BCUT2D eigenvalue weighted by Gasteiger charge is 2.11. The molecule has 0 aliphatic carbocycles. The number of ether oxygens (including phenoxy) is 2. The second-order valence-corrected chi connectivity index (χ2v) is 3.76. The van der Waals surface area contributed by atoms with Crippen molar-refractivity contribution in [2.24, 2.45) is 10.8 Å². The first kappa shape index (κ1) is 15.6. The summed E-state index contributed by atoms with van der Waals surface area (Å²) in [5.41, 5.74) is 7.46. The number of terminal acetylenes is 1. The molecule has 8 heteroatoms. The number of halogens is 2. The van der Waals surface area contributed by atoms with Crippen LogP contribution in [0.5, 0.6) is 5.75 Å². The number of esters is 1. The van der Waals surface area contributed by atoms with Crippen molar-refractivity contribution in [3.8, 4) is 18.1 Å². The highest BCUT2D eigenvalue weighted by molar-refractivity contribution is 6.34. The average Bonchev–Trinajstić information content (AvgIpc) is 2.44. The lowest BCUT2D eigenvalue weighted by Gasteiger charge is -2.09. The minimum Gasteiger partial charge on any atom is -0.479 e. The van der Waals surface area contributed by atoms with E-state index in [-0.39, 0.29) is 23.1 Å². The zero-order chi connectivity index (χ0) is 15.1. The van der Waals surface area contributed by atoms with Gasteiger partial charge in [0.1, 0.15) is 18.2 Å². The molecule has 0 heterocycles. The molecule has 1 aromatic rings. The van der Waals surface area contributed by atoms with Crippen LogP contribution in [0, 0.1) is 18.2 Å². The highest BCUT2D eigenvalue weighted by Crippen LogP contribution is 2.30. The van der Waals surface area contributed by atoms with Crippen LogP contribution in [0.2, 0.25) is 5.02 Å². The third-order valence-electron chi connectivity index (χ3n) is 2.02. The van der Waals surface area contributed by atoms with E-state index < -0.39 is 17.6 Å². The fourth-order valence-electron chi connectivity index (χ4n) is 1.12. The van der Waals surface area contributed by atoms with Crippen LogP contribution in [-0.4, -0.2) is 25.5 Å². The molecular weight excluding hydrogens is 289 g/mol. The maximum absolute atomic E-state index is 13.6. The van der Waals surface area contributed by atoms with E-state index in [0.29, 0.717) is 0 Å². The second-order valence-electron chi connectivity index (χ2n) is 3.36. The van der Waals surface area contributed by atoms with Gasteiger partial charge in [0.15, 0.2) is 0 Å². The lowest BCUT2D eigenvalue weighted by atomic mass is 10.3. The van der Waals surface area contributed by atoms with Crippen LogP contribution in [0.15, 0.2) is 17.2 Å². The lowest BCUT2D eigenvalue weighted by Crippen LogP contribution is -2.26. The molecule has 0 spiro atoms. The molecule has 0 amide bonds. The Morgan fingerprint density at radius 1 is 1.65 bits per heavy atom. The lowest BCUT2D eigenvalue weighted by molar-refractivity contribution is -0.132. The van der Waals surface area contributed by atoms with Crippen LogP contribution >= 0.6 is 11.6 Å². The first-order chi connectivity index (χ1) is 9.49. The fourth-order valence-corrected chi connectivity index (χ4v) is 1.32. The van der Waals surface area contributed by atoms with Gasteiger partial charge in [-0.15, -0.1) is 11.5 Å². The molecule has 0 aliphatic heterocycles. The number of rotatable bonds is 4. The van der Waals surface area contributed by atoms with Crippen molar-refractivity contribution < 1.29 is 18.7 Å². The first-order valence-corrected chi connectivity index (χ1v) is 5.60. The van der Waals surface area contributed by atoms with E-state index in [2.05, 4.69) is 21.2 Å². The predicted octanol–water partition coefficient (Wildman–Crippen LogP) is 1.35. The summed E-state index contributed by atoms with van der Waals surface area (Å²) in [5, 5.41) is 3.52. The Morgan fingerprint density at radius 2 is 2.35 bits per heavy atom. The van der Waals surface area contributed by atoms with Crippen molar-refractivity contribution in [1.29, 1.82) is 0 Å². The molecule has 0 bridgehead atoms. The number of hydrazone groups is 1. The Labute approximate surface area is 119 Å². The van der Waals surface area contributed by atoms with Crippen LogP contribution in [-0.2, 0) is 9.53 Å². The van der Waals surface area contributed by atoms with Gasteiger partial charge in [-0.2, -0.15) is 0 Å². The average molecular weight is 300 g/mol. The maximum atomic E-state index is 13.6. The van der Waals surface area contributed by atoms with E-state index in [0.717, 1.165) is 13.2 Å². The molecule has 20 heavy (non-hydrogen) atoms. The maximum Gasteiger partial charge on any atom is 0.375 e. The van der Waals surface area contributed by atoms with Gasteiger partial charge in [0.2, 0.25) is 5.84 Å². The normalized spacial score (nSPS) is 10.6. The predicted molar refractivity (Wildman–Crippen MR) is 73.0 cm³/mol. The van der Waals surface area contributed by atoms with Gasteiger partial charge < -0.3 is 15.2 Å². The molecular formula is C12H11ClFN3O3. The van der Waals surface area contributed by atoms with Crippen LogP contribution in [0.4, 0.5) is 10.1 Å². The summed E-state index contributed by atoms with van der Waals surface area (Å²) in [6.07, 6.45) is 5.04. The number of hydrogen-bond acceptors (Lipinski definition) is 5. The van der Waals surface area contributed by atoms with Crippen molar-refractivity contribution in [2.75, 3.05) is 19.1 Å². The van der Waals surface area contributed by atoms with E-state index in [1.165, 1.54) is 6.07 Å². The molecule has 0 aliphatic rings. The summed E-state index contributed by atoms with van der Waals surface area (Å²) < 4.78 is 23.1. The summed E-state index contributed by atoms with van der Waals surface area (Å²) >= 11 is 5.78. The zero-order valence-electron chi connectivity index (χ0n) is 10.4. The summed E-state index contributed by atoms with van der Waals surface area (Å²) in [6.45, 7) is -0.0294. The Balaban J connectivity index is 2.95. The Morgan fingerprint density at radius 3 is 2.95 bits per heavy atom. The number of anilines is 1. The molecule has 3 N–H and O–H groups in total. The Kier molecular flexibility index (Phi) is 5.62. The molecule has 6 nitrogen and oxygen atoms in total. The molecule has 0 saturated heterocycles. The van der Waals surface area contributed by atoms with Crippen molar-refractivity contribution in [3.05, 3.63) is 23.0 Å². The quantitative estimate of drug-likeness (QED) is 0.288. The van der Waals surface area contributed by atoms with Gasteiger partial charge in [-0.05, 0) is 6.07 Å². The molecule has 0 atom stereocenters. The molecule has 0 unspecified atom stereocenters. The molecule has 0 fully saturated rings. The van der Waals surface area contributed by atoms with Gasteiger partial charge in [0, 0.05) is 6.07 Å². The SMILES string of the molecule is C#CCOc1cc(NN=C(N)C(=O)OC)c(F)cc1Cl. The van der Waals surface area contributed by atoms with E-state index in [1.807, 2.05) is 0 Å². The van der Waals surface area contributed by atoms with Crippen molar-refractivity contribution >= 4 is 29.1 Å². The number of nitrogens with two attached hydrogens (primary N) is 1. The summed E-state index contributed by atoms with van der Waals surface area (Å²) in [7, 11) is 1.14. The summed E-state index contributed by atoms with van der Waals surface area (Å²) in [6, 6.07) is 2.25. The monoisotopic (exact) mass is 299 g/mol. The van der Waals surface area contributed by atoms with Crippen LogP contribution in [0.3, 0.4) is 0 Å². The number of nitrogens with zero attached hydrogens (tertiary/aromatic N) is 1. The van der Waals surface area contributed by atoms with Crippen molar-refractivity contribution in [1.82, 2.24) is 0 Å². The van der Waals surface area contributed by atoms with Crippen LogP contribution in [0.25, 0.3) is 0 Å². The number of nitrogens with one attached hydrogen (secondary N) is 1. The number of benzene rings is 1. The second kappa shape index (κ2) is 7.21. The van der Waals surface area contributed by atoms with Gasteiger partial charge in [0.25, 0.3) is 0 Å². The van der Waals surface area contributed by atoms with Gasteiger partial charge in [0.05, 0.1) is 17.8 Å². The molecule has 0 aromatic heterocycles. The summed E-state index contributed by atoms with van der Waals surface area (Å²) in [5.74, 6) is 0.393. The fraction of sp³-hybridized carbons (Fsp3) is 0.167. The molecule has 1 aromatic carbocycles. The molecule has 106 valence electrons. The van der Waals surface area contributed by atoms with Crippen molar-refractivity contribution in [3.63, 3.8) is 0 Å². The number of carbonyl (C=O) groups is 1. The molecule has 0 radical (unpaired) electrons.